The molecule has 0 radical (unpaired) electrons. The first-order chi connectivity index (χ1) is 9.17. The van der Waals surface area contributed by atoms with Gasteiger partial charge < -0.3 is 10.1 Å². The molecule has 100 valence electrons. The van der Waals surface area contributed by atoms with Crippen LogP contribution in [0.4, 0.5) is 4.39 Å². The maximum Gasteiger partial charge on any atom is 0.142 e. The topological polar surface area (TPSA) is 34.2 Å². The molecule has 19 heavy (non-hydrogen) atoms. The average molecular weight is 325 g/mol. The minimum Gasteiger partial charge on any atom is -0.495 e. The van der Waals surface area contributed by atoms with E-state index in [1.807, 2.05) is 19.2 Å². The molecular weight excluding hydrogens is 311 g/mol. The minimum atomic E-state index is -0.279. The van der Waals surface area contributed by atoms with Crippen molar-refractivity contribution in [3.8, 4) is 5.75 Å². The van der Waals surface area contributed by atoms with Crippen LogP contribution in [0.2, 0.25) is 0 Å². The number of aromatic nitrogens is 1. The van der Waals surface area contributed by atoms with Crippen LogP contribution in [0.1, 0.15) is 17.3 Å². The van der Waals surface area contributed by atoms with Gasteiger partial charge in [-0.05, 0) is 36.9 Å². The van der Waals surface area contributed by atoms with Gasteiger partial charge >= 0.3 is 0 Å². The first-order valence-corrected chi connectivity index (χ1v) is 6.57. The Morgan fingerprint density at radius 3 is 2.79 bits per heavy atom. The molecular formula is C14H14BrFN2O. The van der Waals surface area contributed by atoms with Gasteiger partial charge in [-0.3, -0.25) is 4.98 Å². The highest BCUT2D eigenvalue weighted by molar-refractivity contribution is 9.10. The van der Waals surface area contributed by atoms with E-state index < -0.39 is 0 Å². The SMILES string of the molecule is CNC(c1ccc(F)cc1Br)c1ncccc1OC. The standard InChI is InChI=1S/C14H14BrFN2O/c1-17-13(10-6-5-9(16)8-11(10)15)14-12(19-2)4-3-7-18-14/h3-8,13,17H,1-2H3. The number of hydrogen-bond donors (Lipinski definition) is 1. The van der Waals surface area contributed by atoms with Gasteiger partial charge in [-0.25, -0.2) is 4.39 Å². The lowest BCUT2D eigenvalue weighted by molar-refractivity contribution is 0.401. The predicted molar refractivity (Wildman–Crippen MR) is 75.8 cm³/mol. The molecule has 1 N–H and O–H groups in total. The summed E-state index contributed by atoms with van der Waals surface area (Å²) in [6, 6.07) is 8.09. The summed E-state index contributed by atoms with van der Waals surface area (Å²) in [6.07, 6.45) is 1.71. The zero-order valence-corrected chi connectivity index (χ0v) is 12.2. The second-order valence-electron chi connectivity index (χ2n) is 3.98. The monoisotopic (exact) mass is 324 g/mol. The molecule has 0 aliphatic carbocycles. The zero-order chi connectivity index (χ0) is 13.8. The molecule has 1 aromatic heterocycles. The number of ether oxygens (including phenoxy) is 1. The lowest BCUT2D eigenvalue weighted by atomic mass is 10.0. The first kappa shape index (κ1) is 14.0. The molecule has 0 fully saturated rings. The van der Waals surface area contributed by atoms with Gasteiger partial charge in [0.2, 0.25) is 0 Å². The van der Waals surface area contributed by atoms with Crippen LogP contribution in [0.25, 0.3) is 0 Å². The van der Waals surface area contributed by atoms with Gasteiger partial charge in [-0.2, -0.15) is 0 Å². The minimum absolute atomic E-state index is 0.175. The summed E-state index contributed by atoms with van der Waals surface area (Å²) in [5.41, 5.74) is 1.67. The van der Waals surface area contributed by atoms with Gasteiger partial charge in [0, 0.05) is 10.7 Å². The maximum atomic E-state index is 13.2. The molecule has 1 heterocycles. The molecule has 0 bridgehead atoms. The summed E-state index contributed by atoms with van der Waals surface area (Å²) >= 11 is 3.38. The fourth-order valence-corrected chi connectivity index (χ4v) is 2.55. The van der Waals surface area contributed by atoms with Crippen molar-refractivity contribution in [3.05, 3.63) is 58.1 Å². The molecule has 1 atom stereocenters. The molecule has 0 saturated carbocycles. The lowest BCUT2D eigenvalue weighted by Gasteiger charge is -2.19. The molecule has 0 aliphatic heterocycles. The van der Waals surface area contributed by atoms with Gasteiger partial charge in [-0.1, -0.05) is 22.0 Å². The van der Waals surface area contributed by atoms with Crippen LogP contribution in [-0.2, 0) is 0 Å². The van der Waals surface area contributed by atoms with E-state index >= 15 is 0 Å². The van der Waals surface area contributed by atoms with Gasteiger partial charge in [0.1, 0.15) is 17.3 Å². The summed E-state index contributed by atoms with van der Waals surface area (Å²) in [7, 11) is 3.43. The Balaban J connectivity index is 2.50. The van der Waals surface area contributed by atoms with Crippen LogP contribution < -0.4 is 10.1 Å². The van der Waals surface area contributed by atoms with Gasteiger partial charge in [-0.15, -0.1) is 0 Å². The van der Waals surface area contributed by atoms with Crippen LogP contribution >= 0.6 is 15.9 Å². The smallest absolute Gasteiger partial charge is 0.142 e. The van der Waals surface area contributed by atoms with E-state index in [-0.39, 0.29) is 11.9 Å². The third-order valence-corrected chi connectivity index (χ3v) is 3.54. The summed E-state index contributed by atoms with van der Waals surface area (Å²) < 4.78 is 19.2. The Bertz CT molecular complexity index is 577. The number of rotatable bonds is 4. The number of halogens is 2. The van der Waals surface area contributed by atoms with E-state index in [2.05, 4.69) is 26.2 Å². The van der Waals surface area contributed by atoms with E-state index in [1.54, 1.807) is 19.4 Å². The summed E-state index contributed by atoms with van der Waals surface area (Å²) in [6.45, 7) is 0. The van der Waals surface area contributed by atoms with E-state index in [0.717, 1.165) is 11.3 Å². The Morgan fingerprint density at radius 2 is 2.16 bits per heavy atom. The number of hydrogen-bond acceptors (Lipinski definition) is 3. The molecule has 2 aromatic rings. The highest BCUT2D eigenvalue weighted by atomic mass is 79.9. The Morgan fingerprint density at radius 1 is 1.37 bits per heavy atom. The summed E-state index contributed by atoms with van der Waals surface area (Å²) in [5.74, 6) is 0.413. The third kappa shape index (κ3) is 2.93. The van der Waals surface area contributed by atoms with Crippen LogP contribution in [0, 0.1) is 5.82 Å². The van der Waals surface area contributed by atoms with E-state index in [0.29, 0.717) is 10.2 Å². The Labute approximate surface area is 119 Å². The number of nitrogens with zero attached hydrogens (tertiary/aromatic N) is 1. The number of benzene rings is 1. The zero-order valence-electron chi connectivity index (χ0n) is 10.7. The molecule has 2 rings (SSSR count). The predicted octanol–water partition coefficient (Wildman–Crippen LogP) is 3.30. The highest BCUT2D eigenvalue weighted by Gasteiger charge is 2.20. The van der Waals surface area contributed by atoms with Crippen molar-refractivity contribution in [3.63, 3.8) is 0 Å². The molecule has 0 amide bonds. The fourth-order valence-electron chi connectivity index (χ4n) is 1.97. The number of nitrogens with one attached hydrogen (secondary N) is 1. The average Bonchev–Trinajstić information content (AvgIpc) is 2.42. The fraction of sp³-hybridized carbons (Fsp3) is 0.214. The van der Waals surface area contributed by atoms with Gasteiger partial charge in [0.15, 0.2) is 0 Å². The Hall–Kier alpha value is -1.46. The molecule has 1 aromatic carbocycles. The second kappa shape index (κ2) is 6.12. The van der Waals surface area contributed by atoms with E-state index in [1.165, 1.54) is 12.1 Å². The van der Waals surface area contributed by atoms with Crippen molar-refractivity contribution >= 4 is 15.9 Å². The maximum absolute atomic E-state index is 13.2. The number of methoxy groups -OCH3 is 1. The van der Waals surface area contributed by atoms with Crippen molar-refractivity contribution in [2.24, 2.45) is 0 Å². The summed E-state index contributed by atoms with van der Waals surface area (Å²) in [4.78, 5) is 4.36. The first-order valence-electron chi connectivity index (χ1n) is 5.78. The molecule has 1 unspecified atom stereocenters. The molecule has 3 nitrogen and oxygen atoms in total. The van der Waals surface area contributed by atoms with Crippen LogP contribution in [0.5, 0.6) is 5.75 Å². The van der Waals surface area contributed by atoms with Crippen molar-refractivity contribution in [1.82, 2.24) is 10.3 Å². The Kier molecular flexibility index (Phi) is 4.50. The third-order valence-electron chi connectivity index (χ3n) is 2.86. The second-order valence-corrected chi connectivity index (χ2v) is 4.83. The molecule has 5 heteroatoms. The normalized spacial score (nSPS) is 12.2. The van der Waals surface area contributed by atoms with Crippen molar-refractivity contribution in [2.75, 3.05) is 14.2 Å². The van der Waals surface area contributed by atoms with Crippen molar-refractivity contribution < 1.29 is 9.13 Å². The summed E-state index contributed by atoms with van der Waals surface area (Å²) in [5, 5.41) is 3.17. The lowest BCUT2D eigenvalue weighted by Crippen LogP contribution is -2.20. The molecule has 0 aliphatic rings. The van der Waals surface area contributed by atoms with Crippen molar-refractivity contribution in [2.45, 2.75) is 6.04 Å². The van der Waals surface area contributed by atoms with E-state index in [4.69, 9.17) is 4.74 Å². The van der Waals surface area contributed by atoms with E-state index in [9.17, 15) is 4.39 Å². The molecule has 0 spiro atoms. The van der Waals surface area contributed by atoms with Crippen LogP contribution in [0.3, 0.4) is 0 Å². The number of pyridine rings is 1. The van der Waals surface area contributed by atoms with Crippen molar-refractivity contribution in [1.29, 1.82) is 0 Å². The quantitative estimate of drug-likeness (QED) is 0.937. The molecule has 0 saturated heterocycles. The van der Waals surface area contributed by atoms with Crippen LogP contribution in [-0.4, -0.2) is 19.1 Å². The van der Waals surface area contributed by atoms with Gasteiger partial charge in [0.25, 0.3) is 0 Å². The van der Waals surface area contributed by atoms with Crippen LogP contribution in [0.15, 0.2) is 41.0 Å². The largest absolute Gasteiger partial charge is 0.495 e. The van der Waals surface area contributed by atoms with Gasteiger partial charge in [0.05, 0.1) is 13.2 Å². The highest BCUT2D eigenvalue weighted by Crippen LogP contribution is 2.32.